The van der Waals surface area contributed by atoms with Gasteiger partial charge in [0, 0.05) is 6.54 Å². The SMILES string of the molecule is O=C(NCCCc1ccccc1)C1(C(=O)Nc2ccccc2Cl)CC1. The van der Waals surface area contributed by atoms with Crippen LogP contribution >= 0.6 is 11.6 Å². The molecule has 4 nitrogen and oxygen atoms in total. The summed E-state index contributed by atoms with van der Waals surface area (Å²) in [6.07, 6.45) is 2.90. The molecule has 0 radical (unpaired) electrons. The van der Waals surface area contributed by atoms with E-state index in [-0.39, 0.29) is 11.8 Å². The zero-order valence-corrected chi connectivity index (χ0v) is 14.7. The number of carbonyl (C=O) groups excluding carboxylic acids is 2. The van der Waals surface area contributed by atoms with Crippen molar-refractivity contribution in [1.82, 2.24) is 5.32 Å². The van der Waals surface area contributed by atoms with Crippen molar-refractivity contribution in [2.45, 2.75) is 25.7 Å². The van der Waals surface area contributed by atoms with Crippen LogP contribution in [0.2, 0.25) is 5.02 Å². The molecule has 0 atom stereocenters. The van der Waals surface area contributed by atoms with Gasteiger partial charge in [-0.3, -0.25) is 9.59 Å². The van der Waals surface area contributed by atoms with Crippen LogP contribution in [0.25, 0.3) is 0 Å². The first kappa shape index (κ1) is 17.5. The normalized spacial score (nSPS) is 14.6. The maximum Gasteiger partial charge on any atom is 0.240 e. The monoisotopic (exact) mass is 356 g/mol. The van der Waals surface area contributed by atoms with Gasteiger partial charge in [0.1, 0.15) is 5.41 Å². The lowest BCUT2D eigenvalue weighted by atomic mass is 10.0. The number of halogens is 1. The van der Waals surface area contributed by atoms with Crippen LogP contribution in [0.5, 0.6) is 0 Å². The number of hydrogen-bond donors (Lipinski definition) is 2. The van der Waals surface area contributed by atoms with Crippen LogP contribution in [0.4, 0.5) is 5.69 Å². The van der Waals surface area contributed by atoms with Crippen molar-refractivity contribution in [3.63, 3.8) is 0 Å². The van der Waals surface area contributed by atoms with Gasteiger partial charge in [-0.25, -0.2) is 0 Å². The molecule has 0 unspecified atom stereocenters. The number of rotatable bonds is 7. The molecule has 0 aliphatic heterocycles. The maximum absolute atomic E-state index is 12.5. The van der Waals surface area contributed by atoms with Gasteiger partial charge in [0.15, 0.2) is 0 Å². The van der Waals surface area contributed by atoms with Gasteiger partial charge in [0.2, 0.25) is 11.8 Å². The summed E-state index contributed by atoms with van der Waals surface area (Å²) in [5, 5.41) is 6.15. The molecule has 0 saturated heterocycles. The Balaban J connectivity index is 1.49. The molecular weight excluding hydrogens is 336 g/mol. The average molecular weight is 357 g/mol. The summed E-state index contributed by atoms with van der Waals surface area (Å²) in [5.74, 6) is -0.466. The first-order chi connectivity index (χ1) is 12.1. The maximum atomic E-state index is 12.5. The lowest BCUT2D eigenvalue weighted by molar-refractivity contribution is -0.134. The van der Waals surface area contributed by atoms with Crippen LogP contribution in [0, 0.1) is 5.41 Å². The van der Waals surface area contributed by atoms with E-state index in [1.807, 2.05) is 18.2 Å². The third-order valence-corrected chi connectivity index (χ3v) is 4.84. The third-order valence-electron chi connectivity index (χ3n) is 4.51. The molecule has 0 spiro atoms. The fourth-order valence-electron chi connectivity index (χ4n) is 2.80. The van der Waals surface area contributed by atoms with E-state index in [9.17, 15) is 9.59 Å². The zero-order chi connectivity index (χ0) is 17.7. The molecule has 0 aromatic heterocycles. The number of anilines is 1. The Morgan fingerprint density at radius 2 is 1.64 bits per heavy atom. The van der Waals surface area contributed by atoms with Gasteiger partial charge in [0.05, 0.1) is 10.7 Å². The molecule has 25 heavy (non-hydrogen) atoms. The number of nitrogens with one attached hydrogen (secondary N) is 2. The van der Waals surface area contributed by atoms with Crippen molar-refractivity contribution in [3.8, 4) is 0 Å². The van der Waals surface area contributed by atoms with Crippen LogP contribution < -0.4 is 10.6 Å². The van der Waals surface area contributed by atoms with Gasteiger partial charge in [-0.15, -0.1) is 0 Å². The van der Waals surface area contributed by atoms with E-state index in [2.05, 4.69) is 22.8 Å². The number of amides is 2. The summed E-state index contributed by atoms with van der Waals surface area (Å²) in [4.78, 5) is 25.0. The molecule has 1 aliphatic rings. The summed E-state index contributed by atoms with van der Waals surface area (Å²) in [7, 11) is 0. The minimum absolute atomic E-state index is 0.190. The van der Waals surface area contributed by atoms with Crippen molar-refractivity contribution in [2.24, 2.45) is 5.41 Å². The molecule has 1 aliphatic carbocycles. The van der Waals surface area contributed by atoms with E-state index in [0.717, 1.165) is 12.8 Å². The van der Waals surface area contributed by atoms with Crippen LogP contribution in [0.3, 0.4) is 0 Å². The summed E-state index contributed by atoms with van der Waals surface area (Å²) >= 11 is 6.06. The van der Waals surface area contributed by atoms with E-state index < -0.39 is 5.41 Å². The average Bonchev–Trinajstić information content (AvgIpc) is 3.43. The van der Waals surface area contributed by atoms with E-state index >= 15 is 0 Å². The van der Waals surface area contributed by atoms with Gasteiger partial charge in [-0.2, -0.15) is 0 Å². The van der Waals surface area contributed by atoms with Crippen molar-refractivity contribution >= 4 is 29.1 Å². The Hall–Kier alpha value is -2.33. The van der Waals surface area contributed by atoms with Gasteiger partial charge in [0.25, 0.3) is 0 Å². The number of hydrogen-bond acceptors (Lipinski definition) is 2. The van der Waals surface area contributed by atoms with Crippen molar-refractivity contribution < 1.29 is 9.59 Å². The largest absolute Gasteiger partial charge is 0.355 e. The van der Waals surface area contributed by atoms with Gasteiger partial charge in [-0.1, -0.05) is 54.1 Å². The molecule has 1 saturated carbocycles. The third kappa shape index (κ3) is 4.20. The van der Waals surface area contributed by atoms with E-state index in [4.69, 9.17) is 11.6 Å². The molecule has 2 aromatic carbocycles. The van der Waals surface area contributed by atoms with E-state index in [0.29, 0.717) is 30.1 Å². The second-order valence-electron chi connectivity index (χ2n) is 6.36. The fourth-order valence-corrected chi connectivity index (χ4v) is 2.98. The molecule has 5 heteroatoms. The van der Waals surface area contributed by atoms with E-state index in [1.54, 1.807) is 24.3 Å². The molecule has 2 aromatic rings. The van der Waals surface area contributed by atoms with Crippen molar-refractivity contribution in [3.05, 3.63) is 65.2 Å². The lowest BCUT2D eigenvalue weighted by Gasteiger charge is -2.16. The fraction of sp³-hybridized carbons (Fsp3) is 0.300. The molecule has 3 rings (SSSR count). The Morgan fingerprint density at radius 3 is 2.32 bits per heavy atom. The second kappa shape index (κ2) is 7.70. The number of carbonyl (C=O) groups is 2. The smallest absolute Gasteiger partial charge is 0.240 e. The molecule has 0 heterocycles. The minimum atomic E-state index is -0.939. The predicted octanol–water partition coefficient (Wildman–Crippen LogP) is 3.81. The summed E-state index contributed by atoms with van der Waals surface area (Å²) in [6, 6.07) is 17.2. The Labute approximate surface area is 152 Å². The van der Waals surface area contributed by atoms with Crippen LogP contribution in [0.1, 0.15) is 24.8 Å². The molecule has 2 amide bonds. The van der Waals surface area contributed by atoms with Crippen molar-refractivity contribution in [1.29, 1.82) is 0 Å². The summed E-state index contributed by atoms with van der Waals surface area (Å²) < 4.78 is 0. The van der Waals surface area contributed by atoms with Crippen LogP contribution in [-0.2, 0) is 16.0 Å². The minimum Gasteiger partial charge on any atom is -0.355 e. The van der Waals surface area contributed by atoms with Crippen LogP contribution in [0.15, 0.2) is 54.6 Å². The highest BCUT2D eigenvalue weighted by atomic mass is 35.5. The predicted molar refractivity (Wildman–Crippen MR) is 99.5 cm³/mol. The summed E-state index contributed by atoms with van der Waals surface area (Å²) in [5.41, 5.74) is 0.845. The second-order valence-corrected chi connectivity index (χ2v) is 6.77. The molecule has 130 valence electrons. The Kier molecular flexibility index (Phi) is 5.39. The van der Waals surface area contributed by atoms with Gasteiger partial charge >= 0.3 is 0 Å². The van der Waals surface area contributed by atoms with Crippen LogP contribution in [-0.4, -0.2) is 18.4 Å². The number of para-hydroxylation sites is 1. The molecule has 0 bridgehead atoms. The highest BCUT2D eigenvalue weighted by Crippen LogP contribution is 2.47. The first-order valence-electron chi connectivity index (χ1n) is 8.50. The molecule has 2 N–H and O–H groups in total. The highest BCUT2D eigenvalue weighted by molar-refractivity contribution is 6.34. The molecular formula is C20H21ClN2O2. The quantitative estimate of drug-likeness (QED) is 0.585. The first-order valence-corrected chi connectivity index (χ1v) is 8.88. The molecule has 1 fully saturated rings. The Morgan fingerprint density at radius 1 is 0.960 bits per heavy atom. The van der Waals surface area contributed by atoms with E-state index in [1.165, 1.54) is 5.56 Å². The summed E-state index contributed by atoms with van der Waals surface area (Å²) in [6.45, 7) is 0.564. The zero-order valence-electron chi connectivity index (χ0n) is 13.9. The Bertz CT molecular complexity index is 757. The van der Waals surface area contributed by atoms with Gasteiger partial charge in [-0.05, 0) is 43.4 Å². The number of benzene rings is 2. The van der Waals surface area contributed by atoms with Gasteiger partial charge < -0.3 is 10.6 Å². The standard InChI is InChI=1S/C20H21ClN2O2/c21-16-10-4-5-11-17(16)23-19(25)20(12-13-20)18(24)22-14-6-9-15-7-2-1-3-8-15/h1-5,7-8,10-11H,6,9,12-14H2,(H,22,24)(H,23,25). The topological polar surface area (TPSA) is 58.2 Å². The number of aryl methyl sites for hydroxylation is 1. The highest BCUT2D eigenvalue weighted by Gasteiger charge is 2.56. The van der Waals surface area contributed by atoms with Crippen molar-refractivity contribution in [2.75, 3.05) is 11.9 Å². The lowest BCUT2D eigenvalue weighted by Crippen LogP contribution is -2.40.